The van der Waals surface area contributed by atoms with Gasteiger partial charge in [-0.05, 0) is 81.3 Å². The number of hydrogen-bond donors (Lipinski definition) is 3. The normalized spacial score (nSPS) is 15.6. The van der Waals surface area contributed by atoms with Gasteiger partial charge in [-0.25, -0.2) is 9.78 Å². The van der Waals surface area contributed by atoms with E-state index in [9.17, 15) is 19.2 Å². The van der Waals surface area contributed by atoms with Gasteiger partial charge in [0.15, 0.2) is 5.82 Å². The summed E-state index contributed by atoms with van der Waals surface area (Å²) < 4.78 is 7.02. The fourth-order valence-corrected chi connectivity index (χ4v) is 5.72. The highest BCUT2D eigenvalue weighted by Crippen LogP contribution is 2.26. The Bertz CT molecular complexity index is 1460. The second kappa shape index (κ2) is 14.3. The summed E-state index contributed by atoms with van der Waals surface area (Å²) in [4.78, 5) is 59.4. The molecule has 0 radical (unpaired) electrons. The number of aromatic nitrogens is 2. The van der Waals surface area contributed by atoms with Gasteiger partial charge in [0.05, 0.1) is 6.33 Å². The zero-order chi connectivity index (χ0) is 32.8. The minimum Gasteiger partial charge on any atom is -0.444 e. The van der Waals surface area contributed by atoms with Gasteiger partial charge in [-0.2, -0.15) is 11.3 Å². The number of alkyl carbamates (subject to hydrolysis) is 1. The van der Waals surface area contributed by atoms with E-state index < -0.39 is 41.1 Å². The first-order chi connectivity index (χ1) is 21.2. The molecule has 2 unspecified atom stereocenters. The van der Waals surface area contributed by atoms with Gasteiger partial charge in [-0.15, -0.1) is 0 Å². The predicted octanol–water partition coefficient (Wildman–Crippen LogP) is 4.76. The lowest BCUT2D eigenvalue weighted by Crippen LogP contribution is -2.59. The monoisotopic (exact) mass is 636 g/mol. The van der Waals surface area contributed by atoms with Crippen LogP contribution < -0.4 is 16.0 Å². The van der Waals surface area contributed by atoms with Gasteiger partial charge in [0.2, 0.25) is 17.7 Å². The number of benzene rings is 1. The predicted molar refractivity (Wildman–Crippen MR) is 174 cm³/mol. The van der Waals surface area contributed by atoms with Crippen LogP contribution in [0.3, 0.4) is 0 Å². The molecule has 1 saturated heterocycles. The number of anilines is 1. The molecule has 12 heteroatoms. The molecule has 242 valence electrons. The largest absolute Gasteiger partial charge is 0.444 e. The first-order valence-corrected chi connectivity index (χ1v) is 16.2. The van der Waals surface area contributed by atoms with Crippen molar-refractivity contribution in [1.82, 2.24) is 25.1 Å². The Hall–Kier alpha value is -4.19. The van der Waals surface area contributed by atoms with Crippen LogP contribution >= 0.6 is 11.3 Å². The topological polar surface area (TPSA) is 135 Å². The Morgan fingerprint density at radius 2 is 1.73 bits per heavy atom. The Labute approximate surface area is 268 Å². The van der Waals surface area contributed by atoms with Crippen molar-refractivity contribution in [1.29, 1.82) is 0 Å². The van der Waals surface area contributed by atoms with Crippen LogP contribution in [0.2, 0.25) is 0 Å². The third kappa shape index (κ3) is 9.40. The van der Waals surface area contributed by atoms with Crippen molar-refractivity contribution in [2.75, 3.05) is 18.4 Å². The highest BCUT2D eigenvalue weighted by molar-refractivity contribution is 7.07. The molecule has 3 heterocycles. The summed E-state index contributed by atoms with van der Waals surface area (Å²) in [5.41, 5.74) is -0.419. The number of carbonyl (C=O) groups is 4. The highest BCUT2D eigenvalue weighted by atomic mass is 32.1. The van der Waals surface area contributed by atoms with Crippen LogP contribution in [0.15, 0.2) is 59.7 Å². The molecule has 1 aliphatic heterocycles. The summed E-state index contributed by atoms with van der Waals surface area (Å²) in [5.74, 6) is -0.233. The maximum absolute atomic E-state index is 13.8. The van der Waals surface area contributed by atoms with Crippen LogP contribution in [0.5, 0.6) is 0 Å². The van der Waals surface area contributed by atoms with Crippen LogP contribution in [0.1, 0.15) is 71.6 Å². The third-order valence-corrected chi connectivity index (χ3v) is 8.35. The van der Waals surface area contributed by atoms with E-state index in [4.69, 9.17) is 4.74 Å². The highest BCUT2D eigenvalue weighted by Gasteiger charge is 2.35. The number of piperidine rings is 1. The number of rotatable bonds is 10. The van der Waals surface area contributed by atoms with E-state index >= 15 is 0 Å². The number of nitrogens with one attached hydrogen (secondary N) is 3. The van der Waals surface area contributed by atoms with E-state index in [1.54, 1.807) is 31.5 Å². The van der Waals surface area contributed by atoms with Crippen molar-refractivity contribution < 1.29 is 23.9 Å². The minimum atomic E-state index is -1.37. The fraction of sp³-hybridized carbons (Fsp3) is 0.485. The molecule has 45 heavy (non-hydrogen) atoms. The van der Waals surface area contributed by atoms with Crippen LogP contribution in [0.4, 0.5) is 10.6 Å². The molecule has 1 aromatic carbocycles. The summed E-state index contributed by atoms with van der Waals surface area (Å²) in [7, 11) is 0. The van der Waals surface area contributed by atoms with Crippen LogP contribution in [0, 0.1) is 5.92 Å². The van der Waals surface area contributed by atoms with Crippen molar-refractivity contribution in [3.8, 4) is 0 Å². The number of imidazole rings is 1. The van der Waals surface area contributed by atoms with Gasteiger partial charge >= 0.3 is 6.09 Å². The van der Waals surface area contributed by atoms with E-state index in [-0.39, 0.29) is 18.1 Å². The molecule has 1 aliphatic rings. The average Bonchev–Trinajstić information content (AvgIpc) is 3.65. The summed E-state index contributed by atoms with van der Waals surface area (Å²) in [5, 5.41) is 12.0. The van der Waals surface area contributed by atoms with Crippen molar-refractivity contribution in [2.24, 2.45) is 5.92 Å². The number of ether oxygens (including phenoxy) is 1. The van der Waals surface area contributed by atoms with E-state index in [2.05, 4.69) is 27.9 Å². The van der Waals surface area contributed by atoms with Crippen LogP contribution in [-0.4, -0.2) is 68.5 Å². The molecule has 0 aliphatic carbocycles. The molecule has 3 N–H and O–H groups in total. The molecule has 0 bridgehead atoms. The number of hydrogen-bond acceptors (Lipinski definition) is 7. The fourth-order valence-electron chi connectivity index (χ4n) is 5.04. The Kier molecular flexibility index (Phi) is 10.7. The average molecular weight is 637 g/mol. The first-order valence-electron chi connectivity index (χ1n) is 15.2. The molecule has 11 nitrogen and oxygen atoms in total. The van der Waals surface area contributed by atoms with Gasteiger partial charge in [0.25, 0.3) is 0 Å². The molecule has 0 saturated carbocycles. The Morgan fingerprint density at radius 3 is 2.36 bits per heavy atom. The number of likely N-dealkylation sites (tertiary alicyclic amines) is 1. The van der Waals surface area contributed by atoms with Crippen molar-refractivity contribution in [2.45, 2.75) is 84.0 Å². The second-order valence-electron chi connectivity index (χ2n) is 13.1. The maximum Gasteiger partial charge on any atom is 0.408 e. The lowest BCUT2D eigenvalue weighted by molar-refractivity contribution is -0.135. The zero-order valence-corrected chi connectivity index (χ0v) is 27.6. The van der Waals surface area contributed by atoms with Crippen LogP contribution in [-0.2, 0) is 25.5 Å². The summed E-state index contributed by atoms with van der Waals surface area (Å²) in [6.07, 6.45) is 4.58. The lowest BCUT2D eigenvalue weighted by Gasteiger charge is -2.33. The molecule has 4 rings (SSSR count). The molecular formula is C33H44N6O5S. The Morgan fingerprint density at radius 1 is 1.04 bits per heavy atom. The maximum atomic E-state index is 13.8. The second-order valence-corrected chi connectivity index (χ2v) is 13.9. The number of carbonyl (C=O) groups excluding carboxylic acids is 4. The van der Waals surface area contributed by atoms with Gasteiger partial charge < -0.3 is 30.2 Å². The lowest BCUT2D eigenvalue weighted by atomic mass is 9.97. The molecule has 4 amide bonds. The number of nitrogens with zero attached hydrogens (tertiary/aromatic N) is 3. The standard InChI is InChI=1S/C33H44N6O5S/c1-22-12-15-38(16-13-22)29(41)27(24-10-8-7-9-11-24)39-19-26(34-21-39)36-28(40)25(18-23-14-17-45-20-23)35-30(42)33(5,6)37-31(43)44-32(2,3)4/h7-11,14,17,19-22,25,27H,12-13,15-16,18H2,1-6H3,(H,35,42)(H,36,40)(H,37,43). The van der Waals surface area contributed by atoms with E-state index in [1.807, 2.05) is 52.1 Å². The molecule has 1 fully saturated rings. The first kappa shape index (κ1) is 33.7. The quantitative estimate of drug-likeness (QED) is 0.294. The number of amides is 4. The van der Waals surface area contributed by atoms with Gasteiger partial charge in [-0.1, -0.05) is 37.3 Å². The summed E-state index contributed by atoms with van der Waals surface area (Å²) in [6.45, 7) is 11.9. The van der Waals surface area contributed by atoms with Gasteiger partial charge in [0.1, 0.15) is 23.2 Å². The van der Waals surface area contributed by atoms with E-state index in [1.165, 1.54) is 31.5 Å². The molecule has 2 aromatic heterocycles. The van der Waals surface area contributed by atoms with Crippen molar-refractivity contribution in [3.05, 3.63) is 70.8 Å². The molecule has 3 aromatic rings. The summed E-state index contributed by atoms with van der Waals surface area (Å²) >= 11 is 1.48. The van der Waals surface area contributed by atoms with Gasteiger partial charge in [0, 0.05) is 25.7 Å². The molecule has 0 spiro atoms. The van der Waals surface area contributed by atoms with Crippen molar-refractivity contribution >= 4 is 41.0 Å². The molecular weight excluding hydrogens is 592 g/mol. The van der Waals surface area contributed by atoms with Crippen molar-refractivity contribution in [3.63, 3.8) is 0 Å². The van der Waals surface area contributed by atoms with E-state index in [0.717, 1.165) is 24.0 Å². The van der Waals surface area contributed by atoms with Crippen LogP contribution in [0.25, 0.3) is 0 Å². The zero-order valence-electron chi connectivity index (χ0n) is 26.8. The molecule has 2 atom stereocenters. The van der Waals surface area contributed by atoms with E-state index in [0.29, 0.717) is 19.0 Å². The summed E-state index contributed by atoms with van der Waals surface area (Å²) in [6, 6.07) is 9.78. The third-order valence-electron chi connectivity index (χ3n) is 7.62. The minimum absolute atomic E-state index is 0.0225. The Balaban J connectivity index is 1.51. The SMILES string of the molecule is CC1CCN(C(=O)C(c2ccccc2)n2cnc(NC(=O)C(Cc3ccsc3)NC(=O)C(C)(C)NC(=O)OC(C)(C)C)c2)CC1. The van der Waals surface area contributed by atoms with Gasteiger partial charge in [-0.3, -0.25) is 14.4 Å². The smallest absolute Gasteiger partial charge is 0.408 e. The number of thiophene rings is 1.